The number of para-hydroxylation sites is 1. The van der Waals surface area contributed by atoms with E-state index in [0.717, 1.165) is 14.5 Å². The van der Waals surface area contributed by atoms with Gasteiger partial charge < -0.3 is 10.6 Å². The van der Waals surface area contributed by atoms with Crippen LogP contribution in [0.1, 0.15) is 16.1 Å². The van der Waals surface area contributed by atoms with Gasteiger partial charge in [-0.1, -0.05) is 45.7 Å². The van der Waals surface area contributed by atoms with Crippen molar-refractivity contribution in [3.63, 3.8) is 0 Å². The molecule has 1 aromatic heterocycles. The van der Waals surface area contributed by atoms with Crippen LogP contribution in [0, 0.1) is 6.92 Å². The van der Waals surface area contributed by atoms with Gasteiger partial charge in [0.05, 0.1) is 21.9 Å². The normalized spacial score (nSPS) is 10.7. The molecule has 1 heterocycles. The Hall–Kier alpha value is -3.14. The number of carbonyl (C=O) groups excluding carboxylic acids is 3. The number of hydrogen-bond donors (Lipinski definition) is 3. The van der Waals surface area contributed by atoms with Gasteiger partial charge in [-0.05, 0) is 76.9 Å². The zero-order valence-corrected chi connectivity index (χ0v) is 21.6. The van der Waals surface area contributed by atoms with Gasteiger partial charge in [0.15, 0.2) is 0 Å². The number of halogens is 3. The smallest absolute Gasteiger partial charge is 0.320 e. The Morgan fingerprint density at radius 1 is 0.853 bits per heavy atom. The summed E-state index contributed by atoms with van der Waals surface area (Å²) in [6.07, 6.45) is 0. The highest BCUT2D eigenvalue weighted by Crippen LogP contribution is 2.27. The molecule has 0 aliphatic rings. The standard InChI is InChI=1S/C24H17Br2ClN4O3/c1-13-6-8-18(16(26)10-13)28-22(32)21-12-14-11-15(25)7-9-20(14)31(21)30-24(34)23(33)29-19-5-3-2-4-17(19)27/h2-12H,1H3,(H,28,32)(H,29,33)(H,30,34). The van der Waals surface area contributed by atoms with Gasteiger partial charge in [0.1, 0.15) is 5.69 Å². The van der Waals surface area contributed by atoms with Crippen molar-refractivity contribution in [2.45, 2.75) is 6.92 Å². The van der Waals surface area contributed by atoms with Crippen LogP contribution in [0.25, 0.3) is 10.9 Å². The maximum absolute atomic E-state index is 13.2. The van der Waals surface area contributed by atoms with Crippen LogP contribution in [-0.2, 0) is 9.59 Å². The number of nitrogens with one attached hydrogen (secondary N) is 3. The van der Waals surface area contributed by atoms with Crippen molar-refractivity contribution in [3.8, 4) is 0 Å². The van der Waals surface area contributed by atoms with Crippen molar-refractivity contribution in [1.29, 1.82) is 0 Å². The summed E-state index contributed by atoms with van der Waals surface area (Å²) < 4.78 is 2.80. The summed E-state index contributed by atoms with van der Waals surface area (Å²) in [4.78, 5) is 38.4. The number of nitrogens with zero attached hydrogens (tertiary/aromatic N) is 1. The van der Waals surface area contributed by atoms with Crippen molar-refractivity contribution in [3.05, 3.63) is 92.0 Å². The predicted molar refractivity (Wildman–Crippen MR) is 141 cm³/mol. The van der Waals surface area contributed by atoms with Gasteiger partial charge in [0, 0.05) is 14.3 Å². The average Bonchev–Trinajstić information content (AvgIpc) is 3.14. The second-order valence-electron chi connectivity index (χ2n) is 7.38. The highest BCUT2D eigenvalue weighted by Gasteiger charge is 2.22. The van der Waals surface area contributed by atoms with Gasteiger partial charge in [-0.3, -0.25) is 19.8 Å². The Kier molecular flexibility index (Phi) is 7.06. The second-order valence-corrected chi connectivity index (χ2v) is 9.56. The molecule has 172 valence electrons. The SMILES string of the molecule is Cc1ccc(NC(=O)c2cc3cc(Br)ccc3n2NC(=O)C(=O)Nc2ccccc2Cl)c(Br)c1. The molecule has 7 nitrogen and oxygen atoms in total. The summed E-state index contributed by atoms with van der Waals surface area (Å²) in [6.45, 7) is 1.94. The number of carbonyl (C=O) groups is 3. The fourth-order valence-corrected chi connectivity index (χ4v) is 4.43. The maximum atomic E-state index is 13.2. The Labute approximate surface area is 216 Å². The molecule has 34 heavy (non-hydrogen) atoms. The van der Waals surface area contributed by atoms with Gasteiger partial charge in [-0.25, -0.2) is 4.68 Å². The molecule has 0 saturated heterocycles. The lowest BCUT2D eigenvalue weighted by atomic mass is 10.2. The molecule has 0 aliphatic carbocycles. The lowest BCUT2D eigenvalue weighted by molar-refractivity contribution is -0.133. The molecule has 0 bridgehead atoms. The fourth-order valence-electron chi connectivity index (χ4n) is 3.28. The summed E-state index contributed by atoms with van der Waals surface area (Å²) in [5.74, 6) is -2.37. The third-order valence-corrected chi connectivity index (χ3v) is 6.39. The van der Waals surface area contributed by atoms with Crippen LogP contribution in [0.5, 0.6) is 0 Å². The molecule has 0 fully saturated rings. The molecular formula is C24H17Br2ClN4O3. The maximum Gasteiger partial charge on any atom is 0.328 e. The van der Waals surface area contributed by atoms with Gasteiger partial charge in [0.2, 0.25) is 0 Å². The molecule has 0 spiro atoms. The summed E-state index contributed by atoms with van der Waals surface area (Å²) in [7, 11) is 0. The summed E-state index contributed by atoms with van der Waals surface area (Å²) in [6, 6.07) is 19.0. The van der Waals surface area contributed by atoms with Crippen LogP contribution in [0.4, 0.5) is 11.4 Å². The second kappa shape index (κ2) is 10.0. The number of rotatable bonds is 4. The molecule has 4 aromatic rings. The average molecular weight is 605 g/mol. The zero-order chi connectivity index (χ0) is 24.4. The minimum absolute atomic E-state index is 0.138. The molecule has 0 unspecified atom stereocenters. The lowest BCUT2D eigenvalue weighted by Crippen LogP contribution is -2.36. The van der Waals surface area contributed by atoms with Crippen molar-refractivity contribution >= 4 is 83.5 Å². The summed E-state index contributed by atoms with van der Waals surface area (Å²) in [5, 5.41) is 6.29. The van der Waals surface area contributed by atoms with E-state index in [-0.39, 0.29) is 5.69 Å². The van der Waals surface area contributed by atoms with E-state index in [4.69, 9.17) is 11.6 Å². The lowest BCUT2D eigenvalue weighted by Gasteiger charge is -2.13. The van der Waals surface area contributed by atoms with Crippen LogP contribution in [0.15, 0.2) is 75.7 Å². The minimum Gasteiger partial charge on any atom is -0.320 e. The topological polar surface area (TPSA) is 92.2 Å². The number of anilines is 2. The van der Waals surface area contributed by atoms with Gasteiger partial charge in [0.25, 0.3) is 5.91 Å². The first-order valence-electron chi connectivity index (χ1n) is 9.98. The van der Waals surface area contributed by atoms with Crippen molar-refractivity contribution in [2.75, 3.05) is 16.1 Å². The third-order valence-electron chi connectivity index (χ3n) is 4.91. The molecule has 3 aromatic carbocycles. The largest absolute Gasteiger partial charge is 0.328 e. The van der Waals surface area contributed by atoms with Crippen LogP contribution < -0.4 is 16.1 Å². The molecular weight excluding hydrogens is 588 g/mol. The van der Waals surface area contributed by atoms with Gasteiger partial charge in [-0.15, -0.1) is 0 Å². The number of aromatic nitrogens is 1. The van der Waals surface area contributed by atoms with Crippen molar-refractivity contribution in [1.82, 2.24) is 4.68 Å². The molecule has 10 heteroatoms. The Morgan fingerprint density at radius 3 is 2.35 bits per heavy atom. The number of hydrogen-bond acceptors (Lipinski definition) is 3. The van der Waals surface area contributed by atoms with E-state index in [1.807, 2.05) is 19.1 Å². The number of aryl methyl sites for hydroxylation is 1. The van der Waals surface area contributed by atoms with Crippen LogP contribution in [-0.4, -0.2) is 22.4 Å². The van der Waals surface area contributed by atoms with E-state index < -0.39 is 17.7 Å². The van der Waals surface area contributed by atoms with Gasteiger partial charge in [-0.2, -0.15) is 0 Å². The van der Waals surface area contributed by atoms with E-state index in [0.29, 0.717) is 27.3 Å². The molecule has 0 radical (unpaired) electrons. The fraction of sp³-hybridized carbons (Fsp3) is 0.0417. The Balaban J connectivity index is 1.65. The first-order valence-corrected chi connectivity index (χ1v) is 11.9. The quantitative estimate of drug-likeness (QED) is 0.246. The van der Waals surface area contributed by atoms with E-state index in [1.54, 1.807) is 54.6 Å². The summed E-state index contributed by atoms with van der Waals surface area (Å²) >= 11 is 12.9. The Morgan fingerprint density at radius 2 is 1.62 bits per heavy atom. The molecule has 0 aliphatic heterocycles. The van der Waals surface area contributed by atoms with Crippen LogP contribution in [0.3, 0.4) is 0 Å². The van der Waals surface area contributed by atoms with E-state index in [1.165, 1.54) is 4.68 Å². The highest BCUT2D eigenvalue weighted by molar-refractivity contribution is 9.10. The van der Waals surface area contributed by atoms with Crippen LogP contribution in [0.2, 0.25) is 5.02 Å². The third kappa shape index (κ3) is 5.16. The number of amides is 3. The molecule has 0 saturated carbocycles. The number of fused-ring (bicyclic) bond motifs is 1. The minimum atomic E-state index is -0.967. The van der Waals surface area contributed by atoms with E-state index >= 15 is 0 Å². The summed E-state index contributed by atoms with van der Waals surface area (Å²) in [5.41, 5.74) is 5.09. The molecule has 4 rings (SSSR count). The van der Waals surface area contributed by atoms with E-state index in [9.17, 15) is 14.4 Å². The predicted octanol–water partition coefficient (Wildman–Crippen LogP) is 6.09. The van der Waals surface area contributed by atoms with Crippen molar-refractivity contribution in [2.24, 2.45) is 0 Å². The van der Waals surface area contributed by atoms with Gasteiger partial charge >= 0.3 is 11.8 Å². The molecule has 3 N–H and O–H groups in total. The molecule has 0 atom stereocenters. The molecule has 3 amide bonds. The highest BCUT2D eigenvalue weighted by atomic mass is 79.9. The first-order chi connectivity index (χ1) is 16.2. The Bertz CT molecular complexity index is 1450. The van der Waals surface area contributed by atoms with Crippen molar-refractivity contribution < 1.29 is 14.4 Å². The van der Waals surface area contributed by atoms with E-state index in [2.05, 4.69) is 47.9 Å². The van der Waals surface area contributed by atoms with Crippen LogP contribution >= 0.6 is 43.5 Å². The zero-order valence-electron chi connectivity index (χ0n) is 17.7. The number of benzene rings is 3. The monoisotopic (exact) mass is 602 g/mol. The first kappa shape index (κ1) is 24.0.